The van der Waals surface area contributed by atoms with Gasteiger partial charge in [-0.3, -0.25) is 0 Å². The molecule has 1 aromatic carbocycles. The van der Waals surface area contributed by atoms with Gasteiger partial charge in [-0.2, -0.15) is 0 Å². The third kappa shape index (κ3) is 4.10. The van der Waals surface area contributed by atoms with Crippen LogP contribution in [0.3, 0.4) is 0 Å². The van der Waals surface area contributed by atoms with Gasteiger partial charge in [0.25, 0.3) is 0 Å². The highest BCUT2D eigenvalue weighted by atomic mass is 32.2. The molecule has 0 aliphatic heterocycles. The zero-order chi connectivity index (χ0) is 15.5. The summed E-state index contributed by atoms with van der Waals surface area (Å²) >= 11 is 1.38. The van der Waals surface area contributed by atoms with Crippen molar-refractivity contribution in [1.29, 1.82) is 0 Å². The van der Waals surface area contributed by atoms with E-state index >= 15 is 0 Å². The topological polar surface area (TPSA) is 58.2 Å². The number of sulfonamides is 1. The van der Waals surface area contributed by atoms with Crippen LogP contribution >= 0.6 is 11.3 Å². The zero-order valence-electron chi connectivity index (χ0n) is 11.8. The number of halogens is 1. The molecule has 0 saturated carbocycles. The van der Waals surface area contributed by atoms with Gasteiger partial charge in [-0.1, -0.05) is 12.1 Å². The van der Waals surface area contributed by atoms with Crippen LogP contribution in [0.2, 0.25) is 0 Å². The van der Waals surface area contributed by atoms with Crippen molar-refractivity contribution in [3.05, 3.63) is 52.0 Å². The molecule has 2 N–H and O–H groups in total. The van der Waals surface area contributed by atoms with Crippen LogP contribution in [-0.2, 0) is 16.6 Å². The lowest BCUT2D eigenvalue weighted by atomic mass is 10.1. The average molecular weight is 328 g/mol. The Bertz CT molecular complexity index is 713. The molecule has 114 valence electrons. The van der Waals surface area contributed by atoms with E-state index in [1.54, 1.807) is 37.6 Å². The molecule has 0 aliphatic carbocycles. The van der Waals surface area contributed by atoms with Gasteiger partial charge in [0, 0.05) is 22.8 Å². The Balaban J connectivity index is 2.16. The van der Waals surface area contributed by atoms with Gasteiger partial charge in [-0.15, -0.1) is 11.3 Å². The zero-order valence-corrected chi connectivity index (χ0v) is 13.4. The molecule has 1 aromatic heterocycles. The third-order valence-corrected chi connectivity index (χ3v) is 5.58. The van der Waals surface area contributed by atoms with Gasteiger partial charge in [0.2, 0.25) is 10.0 Å². The minimum Gasteiger partial charge on any atom is -0.315 e. The molecular weight excluding hydrogens is 311 g/mol. The predicted molar refractivity (Wildman–Crippen MR) is 82.2 cm³/mol. The highest BCUT2D eigenvalue weighted by molar-refractivity contribution is 7.89. The van der Waals surface area contributed by atoms with Gasteiger partial charge < -0.3 is 5.32 Å². The van der Waals surface area contributed by atoms with Crippen molar-refractivity contribution in [2.45, 2.75) is 24.4 Å². The second-order valence-electron chi connectivity index (χ2n) is 4.68. The molecule has 1 atom stereocenters. The molecule has 1 unspecified atom stereocenters. The highest BCUT2D eigenvalue weighted by Crippen LogP contribution is 2.22. The SMILES string of the molecule is CNCc1cc(S(=O)(=O)NC(C)c2cccc(F)c2)cs1. The van der Waals surface area contributed by atoms with E-state index in [0.29, 0.717) is 12.1 Å². The van der Waals surface area contributed by atoms with E-state index in [1.165, 1.54) is 23.5 Å². The highest BCUT2D eigenvalue weighted by Gasteiger charge is 2.20. The summed E-state index contributed by atoms with van der Waals surface area (Å²) in [6, 6.07) is 7.04. The summed E-state index contributed by atoms with van der Waals surface area (Å²) in [6.07, 6.45) is 0. The molecule has 0 amide bonds. The number of hydrogen-bond donors (Lipinski definition) is 2. The molecular formula is C14H17FN2O2S2. The van der Waals surface area contributed by atoms with Crippen molar-refractivity contribution >= 4 is 21.4 Å². The van der Waals surface area contributed by atoms with E-state index in [4.69, 9.17) is 0 Å². The molecule has 1 heterocycles. The summed E-state index contributed by atoms with van der Waals surface area (Å²) < 4.78 is 40.4. The van der Waals surface area contributed by atoms with Crippen LogP contribution in [0.15, 0.2) is 40.6 Å². The summed E-state index contributed by atoms with van der Waals surface area (Å²) in [4.78, 5) is 1.18. The van der Waals surface area contributed by atoms with Crippen molar-refractivity contribution < 1.29 is 12.8 Å². The predicted octanol–water partition coefficient (Wildman–Crippen LogP) is 2.65. The lowest BCUT2D eigenvalue weighted by Gasteiger charge is -2.14. The maximum atomic E-state index is 13.2. The average Bonchev–Trinajstić information content (AvgIpc) is 2.88. The van der Waals surface area contributed by atoms with Gasteiger partial charge in [0.15, 0.2) is 0 Å². The summed E-state index contributed by atoms with van der Waals surface area (Å²) in [5.41, 5.74) is 0.587. The molecule has 0 aliphatic rings. The number of nitrogens with one attached hydrogen (secondary N) is 2. The Morgan fingerprint density at radius 2 is 2.10 bits per heavy atom. The van der Waals surface area contributed by atoms with Gasteiger partial charge in [0.05, 0.1) is 4.90 Å². The maximum absolute atomic E-state index is 13.2. The molecule has 0 saturated heterocycles. The lowest BCUT2D eigenvalue weighted by molar-refractivity contribution is 0.565. The third-order valence-electron chi connectivity index (χ3n) is 2.97. The van der Waals surface area contributed by atoms with Crippen molar-refractivity contribution in [2.24, 2.45) is 0 Å². The van der Waals surface area contributed by atoms with Gasteiger partial charge in [-0.25, -0.2) is 17.5 Å². The van der Waals surface area contributed by atoms with Crippen LogP contribution in [0.1, 0.15) is 23.4 Å². The summed E-state index contributed by atoms with van der Waals surface area (Å²) in [5.74, 6) is -0.384. The van der Waals surface area contributed by atoms with E-state index in [0.717, 1.165) is 4.88 Å². The summed E-state index contributed by atoms with van der Waals surface area (Å²) in [5, 5.41) is 4.58. The first-order valence-corrected chi connectivity index (χ1v) is 8.78. The molecule has 0 bridgehead atoms. The van der Waals surface area contributed by atoms with Crippen molar-refractivity contribution in [1.82, 2.24) is 10.0 Å². The van der Waals surface area contributed by atoms with Crippen LogP contribution in [-0.4, -0.2) is 15.5 Å². The van der Waals surface area contributed by atoms with Crippen molar-refractivity contribution in [3.63, 3.8) is 0 Å². The standard InChI is InChI=1S/C14H17FN2O2S2/c1-10(11-4-3-5-12(15)6-11)17-21(18,19)14-7-13(8-16-2)20-9-14/h3-7,9-10,16-17H,8H2,1-2H3. The van der Waals surface area contributed by atoms with E-state index in [9.17, 15) is 12.8 Å². The minimum atomic E-state index is -3.61. The van der Waals surface area contributed by atoms with Crippen LogP contribution in [0.5, 0.6) is 0 Å². The second kappa shape index (κ2) is 6.65. The van der Waals surface area contributed by atoms with Gasteiger partial charge >= 0.3 is 0 Å². The Morgan fingerprint density at radius 3 is 2.76 bits per heavy atom. The van der Waals surface area contributed by atoms with Crippen LogP contribution in [0.4, 0.5) is 4.39 Å². The number of rotatable bonds is 6. The second-order valence-corrected chi connectivity index (χ2v) is 7.39. The van der Waals surface area contributed by atoms with Gasteiger partial charge in [0.1, 0.15) is 5.82 Å². The fourth-order valence-electron chi connectivity index (χ4n) is 1.91. The van der Waals surface area contributed by atoms with Gasteiger partial charge in [-0.05, 0) is 37.7 Å². The summed E-state index contributed by atoms with van der Waals surface area (Å²) in [6.45, 7) is 2.31. The molecule has 2 aromatic rings. The number of benzene rings is 1. The smallest absolute Gasteiger partial charge is 0.241 e. The lowest BCUT2D eigenvalue weighted by Crippen LogP contribution is -2.26. The fourth-order valence-corrected chi connectivity index (χ4v) is 4.43. The quantitative estimate of drug-likeness (QED) is 0.857. The molecule has 0 radical (unpaired) electrons. The molecule has 7 heteroatoms. The molecule has 21 heavy (non-hydrogen) atoms. The largest absolute Gasteiger partial charge is 0.315 e. The van der Waals surface area contributed by atoms with Crippen LogP contribution in [0.25, 0.3) is 0 Å². The van der Waals surface area contributed by atoms with Crippen molar-refractivity contribution in [2.75, 3.05) is 7.05 Å². The van der Waals surface area contributed by atoms with Crippen LogP contribution in [0, 0.1) is 5.82 Å². The van der Waals surface area contributed by atoms with E-state index in [-0.39, 0.29) is 10.7 Å². The number of thiophene rings is 1. The first-order valence-electron chi connectivity index (χ1n) is 6.42. The maximum Gasteiger partial charge on any atom is 0.241 e. The Kier molecular flexibility index (Phi) is 5.10. The van der Waals surface area contributed by atoms with Crippen molar-refractivity contribution in [3.8, 4) is 0 Å². The normalized spacial score (nSPS) is 13.3. The first kappa shape index (κ1) is 16.1. The minimum absolute atomic E-state index is 0.237. The number of hydrogen-bond acceptors (Lipinski definition) is 4. The van der Waals surface area contributed by atoms with E-state index < -0.39 is 16.1 Å². The van der Waals surface area contributed by atoms with E-state index in [1.807, 2.05) is 0 Å². The molecule has 0 spiro atoms. The Labute approximate surface area is 128 Å². The molecule has 0 fully saturated rings. The molecule has 2 rings (SSSR count). The summed E-state index contributed by atoms with van der Waals surface area (Å²) in [7, 11) is -1.80. The Morgan fingerprint density at radius 1 is 1.33 bits per heavy atom. The fraction of sp³-hybridized carbons (Fsp3) is 0.286. The molecule has 4 nitrogen and oxygen atoms in total. The monoisotopic (exact) mass is 328 g/mol. The Hall–Kier alpha value is -1.28. The van der Waals surface area contributed by atoms with Crippen LogP contribution < -0.4 is 10.0 Å². The van der Waals surface area contributed by atoms with E-state index in [2.05, 4.69) is 10.0 Å². The first-order chi connectivity index (χ1) is 9.92.